The van der Waals surface area contributed by atoms with Crippen molar-refractivity contribution in [2.45, 2.75) is 19.9 Å². The Bertz CT molecular complexity index is 735. The van der Waals surface area contributed by atoms with Crippen molar-refractivity contribution in [3.63, 3.8) is 0 Å². The van der Waals surface area contributed by atoms with Gasteiger partial charge in [0.15, 0.2) is 17.5 Å². The van der Waals surface area contributed by atoms with Crippen molar-refractivity contribution in [3.05, 3.63) is 59.4 Å². The third kappa shape index (κ3) is 5.65. The molecule has 0 bridgehead atoms. The van der Waals surface area contributed by atoms with Gasteiger partial charge >= 0.3 is 0 Å². The van der Waals surface area contributed by atoms with Gasteiger partial charge in [-0.1, -0.05) is 24.3 Å². The number of rotatable bonds is 8. The molecule has 2 N–H and O–H groups in total. The Morgan fingerprint density at radius 3 is 2.50 bits per heavy atom. The van der Waals surface area contributed by atoms with Crippen LogP contribution in [0.2, 0.25) is 0 Å². The van der Waals surface area contributed by atoms with Crippen LogP contribution >= 0.6 is 0 Å². The zero-order valence-corrected chi connectivity index (χ0v) is 15.5. The third-order valence-electron chi connectivity index (χ3n) is 3.86. The van der Waals surface area contributed by atoms with Crippen LogP contribution in [0, 0.1) is 5.82 Å². The van der Waals surface area contributed by atoms with Gasteiger partial charge in [0.25, 0.3) is 0 Å². The van der Waals surface area contributed by atoms with Gasteiger partial charge in [-0.3, -0.25) is 0 Å². The van der Waals surface area contributed by atoms with Gasteiger partial charge in [0.1, 0.15) is 5.82 Å². The third-order valence-corrected chi connectivity index (χ3v) is 3.86. The Hall–Kier alpha value is -2.76. The van der Waals surface area contributed by atoms with Gasteiger partial charge in [-0.15, -0.1) is 0 Å². The van der Waals surface area contributed by atoms with Crippen molar-refractivity contribution in [3.8, 4) is 11.5 Å². The van der Waals surface area contributed by atoms with Crippen LogP contribution in [0.1, 0.15) is 18.1 Å². The minimum Gasteiger partial charge on any atom is -0.493 e. The van der Waals surface area contributed by atoms with Gasteiger partial charge in [0.2, 0.25) is 0 Å². The Morgan fingerprint density at radius 2 is 1.81 bits per heavy atom. The highest BCUT2D eigenvalue weighted by molar-refractivity contribution is 5.79. The van der Waals surface area contributed by atoms with E-state index in [-0.39, 0.29) is 5.82 Å². The number of halogens is 1. The second-order valence-corrected chi connectivity index (χ2v) is 5.65. The van der Waals surface area contributed by atoms with E-state index in [1.165, 1.54) is 6.07 Å². The lowest BCUT2D eigenvalue weighted by Gasteiger charge is -2.12. The first-order valence-electron chi connectivity index (χ1n) is 8.64. The van der Waals surface area contributed by atoms with Crippen LogP contribution < -0.4 is 20.1 Å². The molecule has 6 heteroatoms. The highest BCUT2D eigenvalue weighted by Gasteiger charge is 2.05. The Kier molecular flexibility index (Phi) is 7.74. The molecule has 5 nitrogen and oxygen atoms in total. The Balaban J connectivity index is 1.96. The lowest BCUT2D eigenvalue weighted by atomic mass is 10.1. The summed E-state index contributed by atoms with van der Waals surface area (Å²) in [5.74, 6) is 1.88. The van der Waals surface area contributed by atoms with E-state index in [1.807, 2.05) is 31.2 Å². The number of aliphatic imine (C=N–C) groups is 1. The molecule has 140 valence electrons. The number of hydrogen-bond acceptors (Lipinski definition) is 3. The van der Waals surface area contributed by atoms with Crippen LogP contribution in [-0.4, -0.2) is 33.3 Å². The Morgan fingerprint density at radius 1 is 1.04 bits per heavy atom. The van der Waals surface area contributed by atoms with Gasteiger partial charge in [0.05, 0.1) is 20.8 Å². The maximum Gasteiger partial charge on any atom is 0.191 e. The van der Waals surface area contributed by atoms with Crippen molar-refractivity contribution < 1.29 is 13.9 Å². The summed E-state index contributed by atoms with van der Waals surface area (Å²) in [6.45, 7) is 3.84. The molecule has 0 aliphatic carbocycles. The second kappa shape index (κ2) is 10.3. The summed E-state index contributed by atoms with van der Waals surface area (Å²) in [5.41, 5.74) is 1.70. The average molecular weight is 359 g/mol. The average Bonchev–Trinajstić information content (AvgIpc) is 2.67. The van der Waals surface area contributed by atoms with Gasteiger partial charge < -0.3 is 20.1 Å². The fraction of sp³-hybridized carbons (Fsp3) is 0.350. The van der Waals surface area contributed by atoms with Crippen molar-refractivity contribution in [2.75, 3.05) is 27.3 Å². The maximum atomic E-state index is 13.7. The van der Waals surface area contributed by atoms with Gasteiger partial charge in [-0.25, -0.2) is 9.38 Å². The van der Waals surface area contributed by atoms with E-state index in [9.17, 15) is 4.39 Å². The predicted octanol–water partition coefficient (Wildman–Crippen LogP) is 3.14. The van der Waals surface area contributed by atoms with Crippen molar-refractivity contribution in [1.29, 1.82) is 0 Å². The summed E-state index contributed by atoms with van der Waals surface area (Å²) in [7, 11) is 3.22. The first-order valence-corrected chi connectivity index (χ1v) is 8.64. The quantitative estimate of drug-likeness (QED) is 0.562. The van der Waals surface area contributed by atoms with Crippen molar-refractivity contribution in [2.24, 2.45) is 4.99 Å². The molecule has 0 unspecified atom stereocenters. The molecule has 0 aliphatic rings. The first kappa shape index (κ1) is 19.6. The molecule has 2 rings (SSSR count). The Labute approximate surface area is 154 Å². The second-order valence-electron chi connectivity index (χ2n) is 5.65. The SMILES string of the molecule is CCNC(=NCc1ccc(OC)c(OC)c1)NCCc1ccccc1F. The maximum absolute atomic E-state index is 13.7. The zero-order chi connectivity index (χ0) is 18.8. The smallest absolute Gasteiger partial charge is 0.191 e. The summed E-state index contributed by atoms with van der Waals surface area (Å²) in [6.07, 6.45) is 0.591. The fourth-order valence-corrected chi connectivity index (χ4v) is 2.51. The monoisotopic (exact) mass is 359 g/mol. The molecule has 0 amide bonds. The van der Waals surface area contributed by atoms with Gasteiger partial charge in [-0.05, 0) is 42.7 Å². The minimum absolute atomic E-state index is 0.179. The number of methoxy groups -OCH3 is 2. The molecule has 0 aromatic heterocycles. The van der Waals surface area contributed by atoms with E-state index in [2.05, 4.69) is 15.6 Å². The highest BCUT2D eigenvalue weighted by atomic mass is 19.1. The molecule has 0 saturated heterocycles. The molecule has 0 heterocycles. The highest BCUT2D eigenvalue weighted by Crippen LogP contribution is 2.27. The molecule has 26 heavy (non-hydrogen) atoms. The van der Waals surface area contributed by atoms with Crippen molar-refractivity contribution >= 4 is 5.96 Å². The fourth-order valence-electron chi connectivity index (χ4n) is 2.51. The van der Waals surface area contributed by atoms with E-state index in [4.69, 9.17) is 9.47 Å². The zero-order valence-electron chi connectivity index (χ0n) is 15.5. The van der Waals surface area contributed by atoms with Crippen LogP contribution in [0.5, 0.6) is 11.5 Å². The molecular weight excluding hydrogens is 333 g/mol. The number of nitrogens with zero attached hydrogens (tertiary/aromatic N) is 1. The van der Waals surface area contributed by atoms with Crippen LogP contribution in [0.15, 0.2) is 47.5 Å². The summed E-state index contributed by atoms with van der Waals surface area (Å²) in [6, 6.07) is 12.5. The minimum atomic E-state index is -0.179. The van der Waals surface area contributed by atoms with E-state index < -0.39 is 0 Å². The molecule has 2 aromatic carbocycles. The standard InChI is InChI=1S/C20H26FN3O2/c1-4-22-20(23-12-11-16-7-5-6-8-17(16)21)24-14-15-9-10-18(25-2)19(13-15)26-3/h5-10,13H,4,11-12,14H2,1-3H3,(H2,22,23,24). The molecule has 0 saturated carbocycles. The molecule has 0 spiro atoms. The number of ether oxygens (including phenoxy) is 2. The molecule has 0 radical (unpaired) electrons. The predicted molar refractivity (Wildman–Crippen MR) is 102 cm³/mol. The van der Waals surface area contributed by atoms with Crippen LogP contribution in [0.25, 0.3) is 0 Å². The largest absolute Gasteiger partial charge is 0.493 e. The van der Waals surface area contributed by atoms with Crippen LogP contribution in [-0.2, 0) is 13.0 Å². The summed E-state index contributed by atoms with van der Waals surface area (Å²) in [4.78, 5) is 4.57. The molecule has 2 aromatic rings. The topological polar surface area (TPSA) is 54.9 Å². The lowest BCUT2D eigenvalue weighted by molar-refractivity contribution is 0.354. The number of benzene rings is 2. The van der Waals surface area contributed by atoms with Crippen molar-refractivity contribution in [1.82, 2.24) is 10.6 Å². The summed E-state index contributed by atoms with van der Waals surface area (Å²) in [5, 5.41) is 6.43. The van der Waals surface area contributed by atoms with Crippen LogP contribution in [0.3, 0.4) is 0 Å². The van der Waals surface area contributed by atoms with E-state index >= 15 is 0 Å². The number of nitrogens with one attached hydrogen (secondary N) is 2. The van der Waals surface area contributed by atoms with E-state index in [1.54, 1.807) is 26.4 Å². The number of hydrogen-bond donors (Lipinski definition) is 2. The normalized spacial score (nSPS) is 11.2. The van der Waals surface area contributed by atoms with Gasteiger partial charge in [0, 0.05) is 13.1 Å². The summed E-state index contributed by atoms with van der Waals surface area (Å²) < 4.78 is 24.2. The van der Waals surface area contributed by atoms with Gasteiger partial charge in [-0.2, -0.15) is 0 Å². The molecule has 0 aliphatic heterocycles. The van der Waals surface area contributed by atoms with E-state index in [0.717, 1.165) is 12.1 Å². The van der Waals surface area contributed by atoms with Crippen LogP contribution in [0.4, 0.5) is 4.39 Å². The number of guanidine groups is 1. The molecule has 0 atom stereocenters. The molecular formula is C20H26FN3O2. The lowest BCUT2D eigenvalue weighted by Crippen LogP contribution is -2.38. The molecule has 0 fully saturated rings. The summed E-state index contributed by atoms with van der Waals surface area (Å²) >= 11 is 0. The van der Waals surface area contributed by atoms with E-state index in [0.29, 0.717) is 42.5 Å². The first-order chi connectivity index (χ1) is 12.7.